The lowest BCUT2D eigenvalue weighted by Gasteiger charge is -2.30. The third-order valence-corrected chi connectivity index (χ3v) is 9.48. The minimum Gasteiger partial charge on any atom is -0.344 e. The molecule has 0 spiro atoms. The number of rotatable bonds is 5. The van der Waals surface area contributed by atoms with E-state index in [-0.39, 0.29) is 11.5 Å². The summed E-state index contributed by atoms with van der Waals surface area (Å²) in [7, 11) is -4.17. The van der Waals surface area contributed by atoms with Crippen molar-refractivity contribution in [1.29, 1.82) is 0 Å². The fourth-order valence-electron chi connectivity index (χ4n) is 4.82. The van der Waals surface area contributed by atoms with Gasteiger partial charge in [0.25, 0.3) is 5.91 Å². The van der Waals surface area contributed by atoms with Gasteiger partial charge in [0, 0.05) is 12.3 Å². The number of hydrogen-bond donors (Lipinski definition) is 1. The number of alkyl halides is 2. The fourth-order valence-corrected chi connectivity index (χ4v) is 6.77. The molecule has 0 bridgehead atoms. The topological polar surface area (TPSA) is 84.3 Å². The van der Waals surface area contributed by atoms with Crippen molar-refractivity contribution in [3.63, 3.8) is 0 Å². The van der Waals surface area contributed by atoms with Crippen LogP contribution in [0, 0.1) is 5.82 Å². The first-order chi connectivity index (χ1) is 17.8. The first kappa shape index (κ1) is 25.8. The van der Waals surface area contributed by atoms with Crippen LogP contribution in [0.15, 0.2) is 79.0 Å². The predicted octanol–water partition coefficient (Wildman–Crippen LogP) is 4.97. The molecule has 2 atom stereocenters. The van der Waals surface area contributed by atoms with E-state index in [2.05, 4.69) is 10.4 Å². The molecule has 7 nitrogen and oxygen atoms in total. The number of aromatic nitrogens is 2. The molecule has 3 aromatic carbocycles. The maximum atomic E-state index is 14.0. The molecule has 198 valence electrons. The van der Waals surface area contributed by atoms with Crippen molar-refractivity contribution in [2.75, 3.05) is 4.31 Å². The Morgan fingerprint density at radius 1 is 1.00 bits per heavy atom. The van der Waals surface area contributed by atoms with Gasteiger partial charge in [-0.3, -0.25) is 9.10 Å². The highest BCUT2D eigenvalue weighted by molar-refractivity contribution is 7.94. The summed E-state index contributed by atoms with van der Waals surface area (Å²) in [6.45, 7) is 3.31. The number of carbonyl (C=O) groups excluding carboxylic acids is 1. The summed E-state index contributed by atoms with van der Waals surface area (Å²) in [6.07, 6.45) is 1.56. The molecule has 5 rings (SSSR count). The Morgan fingerprint density at radius 3 is 2.26 bits per heavy atom. The SMILES string of the molecule is CC(F)(F)C(=O)N[C@@H]1[C@@H](c2ccccc2)N(c2ccc3c(cnn3-c3ccc(F)cc3)c2)S(=O)(=O)C1(C)C. The summed E-state index contributed by atoms with van der Waals surface area (Å²) < 4.78 is 70.3. The maximum absolute atomic E-state index is 14.0. The first-order valence-electron chi connectivity index (χ1n) is 11.8. The number of sulfonamides is 1. The molecule has 1 fully saturated rings. The molecule has 0 aliphatic carbocycles. The molecule has 0 radical (unpaired) electrons. The molecule has 2 heterocycles. The smallest absolute Gasteiger partial charge is 0.321 e. The molecule has 1 N–H and O–H groups in total. The van der Waals surface area contributed by atoms with Crippen LogP contribution in [0.2, 0.25) is 0 Å². The van der Waals surface area contributed by atoms with Gasteiger partial charge in [0.15, 0.2) is 0 Å². The Bertz CT molecular complexity index is 1620. The van der Waals surface area contributed by atoms with Crippen LogP contribution in [0.25, 0.3) is 16.6 Å². The van der Waals surface area contributed by atoms with Gasteiger partial charge in [0.05, 0.1) is 35.2 Å². The van der Waals surface area contributed by atoms with Gasteiger partial charge in [-0.2, -0.15) is 13.9 Å². The quantitative estimate of drug-likeness (QED) is 0.386. The first-order valence-corrected chi connectivity index (χ1v) is 13.3. The Morgan fingerprint density at radius 2 is 1.63 bits per heavy atom. The number of amides is 1. The minimum atomic E-state index is -4.17. The largest absolute Gasteiger partial charge is 0.344 e. The Balaban J connectivity index is 1.65. The summed E-state index contributed by atoms with van der Waals surface area (Å²) in [5, 5.41) is 7.31. The predicted molar refractivity (Wildman–Crippen MR) is 138 cm³/mol. The second-order valence-electron chi connectivity index (χ2n) is 9.88. The molecule has 1 amide bonds. The van der Waals surface area contributed by atoms with E-state index in [1.807, 2.05) is 0 Å². The molecule has 0 saturated carbocycles. The summed E-state index contributed by atoms with van der Waals surface area (Å²) in [4.78, 5) is 12.4. The zero-order valence-electron chi connectivity index (χ0n) is 20.8. The number of nitrogens with zero attached hydrogens (tertiary/aromatic N) is 3. The zero-order valence-corrected chi connectivity index (χ0v) is 21.6. The minimum absolute atomic E-state index is 0.290. The van der Waals surface area contributed by atoms with Crippen molar-refractivity contribution in [3.8, 4) is 5.69 Å². The zero-order chi connectivity index (χ0) is 27.5. The average Bonchev–Trinajstić information content (AvgIpc) is 3.35. The van der Waals surface area contributed by atoms with E-state index in [9.17, 15) is 26.4 Å². The summed E-state index contributed by atoms with van der Waals surface area (Å²) >= 11 is 0. The number of hydrogen-bond acceptors (Lipinski definition) is 4. The number of benzene rings is 3. The van der Waals surface area contributed by atoms with Gasteiger partial charge in [-0.15, -0.1) is 0 Å². The molecule has 4 aromatic rings. The maximum Gasteiger partial charge on any atom is 0.321 e. The van der Waals surface area contributed by atoms with Crippen LogP contribution in [-0.2, 0) is 14.8 Å². The van der Waals surface area contributed by atoms with E-state index in [4.69, 9.17) is 0 Å². The lowest BCUT2D eigenvalue weighted by atomic mass is 9.90. The molecule has 1 aliphatic heterocycles. The Labute approximate surface area is 217 Å². The summed E-state index contributed by atoms with van der Waals surface area (Å²) in [5.74, 6) is -5.63. The van der Waals surface area contributed by atoms with Gasteiger partial charge in [-0.05, 0) is 61.9 Å². The fraction of sp³-hybridized carbons (Fsp3) is 0.259. The number of anilines is 1. The van der Waals surface area contributed by atoms with Crippen molar-refractivity contribution < 1.29 is 26.4 Å². The van der Waals surface area contributed by atoms with Crippen LogP contribution in [0.4, 0.5) is 18.9 Å². The number of halogens is 3. The van der Waals surface area contributed by atoms with Crippen LogP contribution >= 0.6 is 0 Å². The van der Waals surface area contributed by atoms with Crippen LogP contribution < -0.4 is 9.62 Å². The molecule has 38 heavy (non-hydrogen) atoms. The van der Waals surface area contributed by atoms with Crippen molar-refractivity contribution in [2.45, 2.75) is 43.5 Å². The third kappa shape index (κ3) is 4.10. The summed E-state index contributed by atoms with van der Waals surface area (Å²) in [5.41, 5.74) is 2.10. The highest BCUT2D eigenvalue weighted by Crippen LogP contribution is 2.48. The van der Waals surface area contributed by atoms with E-state index in [1.165, 1.54) is 30.3 Å². The molecular formula is C27H25F3N4O3S. The van der Waals surface area contributed by atoms with Crippen molar-refractivity contribution in [2.24, 2.45) is 0 Å². The number of nitrogens with one attached hydrogen (secondary N) is 1. The van der Waals surface area contributed by atoms with Crippen molar-refractivity contribution in [1.82, 2.24) is 15.1 Å². The lowest BCUT2D eigenvalue weighted by molar-refractivity contribution is -0.144. The van der Waals surface area contributed by atoms with Gasteiger partial charge >= 0.3 is 5.92 Å². The normalized spacial score (nSPS) is 20.5. The van der Waals surface area contributed by atoms with Gasteiger partial charge in [-0.25, -0.2) is 17.5 Å². The monoisotopic (exact) mass is 542 g/mol. The molecule has 1 aliphatic rings. The van der Waals surface area contributed by atoms with E-state index >= 15 is 0 Å². The second-order valence-corrected chi connectivity index (χ2v) is 12.3. The van der Waals surface area contributed by atoms with Gasteiger partial charge < -0.3 is 5.32 Å². The highest BCUT2D eigenvalue weighted by atomic mass is 32.2. The Hall–Kier alpha value is -3.86. The molecular weight excluding hydrogens is 517 g/mol. The van der Waals surface area contributed by atoms with Crippen LogP contribution in [0.1, 0.15) is 32.4 Å². The number of carbonyl (C=O) groups is 1. The standard InChI is InChI=1S/C27H25F3N4O3S/c1-26(2)24(32-25(35)27(3,29)30)23(17-7-5-4-6-8-17)34(38(26,36)37)21-13-14-22-18(15-21)16-31-33(22)20-11-9-19(28)10-12-20/h4-16,23-24H,1-3H3,(H,32,35)/t23-,24-/m1/s1. The highest BCUT2D eigenvalue weighted by Gasteiger charge is 2.60. The molecule has 1 aromatic heterocycles. The van der Waals surface area contributed by atoms with Gasteiger partial charge in [0.1, 0.15) is 10.6 Å². The van der Waals surface area contributed by atoms with Crippen LogP contribution in [-0.4, -0.2) is 40.8 Å². The van der Waals surface area contributed by atoms with Gasteiger partial charge in [-0.1, -0.05) is 30.3 Å². The van der Waals surface area contributed by atoms with Crippen molar-refractivity contribution in [3.05, 3.63) is 90.4 Å². The molecule has 1 saturated heterocycles. The average molecular weight is 543 g/mol. The summed E-state index contributed by atoms with van der Waals surface area (Å²) in [6, 6.07) is 17.1. The van der Waals surface area contributed by atoms with Crippen LogP contribution in [0.5, 0.6) is 0 Å². The third-order valence-electron chi connectivity index (χ3n) is 6.94. The van der Waals surface area contributed by atoms with E-state index in [1.54, 1.807) is 71.5 Å². The van der Waals surface area contributed by atoms with E-state index < -0.39 is 38.7 Å². The van der Waals surface area contributed by atoms with E-state index in [0.717, 1.165) is 0 Å². The lowest BCUT2D eigenvalue weighted by Crippen LogP contribution is -2.53. The molecule has 0 unspecified atom stereocenters. The van der Waals surface area contributed by atoms with Crippen LogP contribution in [0.3, 0.4) is 0 Å². The van der Waals surface area contributed by atoms with Crippen molar-refractivity contribution >= 4 is 32.5 Å². The van der Waals surface area contributed by atoms with E-state index in [0.29, 0.717) is 29.1 Å². The second kappa shape index (κ2) is 8.87. The number of fused-ring (bicyclic) bond motifs is 1. The molecule has 11 heteroatoms. The Kier molecular flexibility index (Phi) is 6.01. The van der Waals surface area contributed by atoms with Gasteiger partial charge in [0.2, 0.25) is 10.0 Å².